The summed E-state index contributed by atoms with van der Waals surface area (Å²) in [5.41, 5.74) is 0.850. The molecule has 2 N–H and O–H groups in total. The van der Waals surface area contributed by atoms with Crippen LogP contribution in [0.25, 0.3) is 0 Å². The maximum absolute atomic E-state index is 13.2. The molecule has 0 unspecified atom stereocenters. The van der Waals surface area contributed by atoms with Crippen LogP contribution in [0.1, 0.15) is 44.2 Å². The van der Waals surface area contributed by atoms with Crippen molar-refractivity contribution >= 4 is 6.03 Å². The van der Waals surface area contributed by atoms with Crippen LogP contribution in [-0.4, -0.2) is 37.5 Å². The molecule has 2 heterocycles. The first-order valence-corrected chi connectivity index (χ1v) is 8.69. The molecule has 2 fully saturated rings. The van der Waals surface area contributed by atoms with Crippen molar-refractivity contribution < 1.29 is 18.7 Å². The lowest BCUT2D eigenvalue weighted by Gasteiger charge is -2.27. The van der Waals surface area contributed by atoms with Crippen molar-refractivity contribution in [2.75, 3.05) is 13.2 Å². The zero-order valence-electron chi connectivity index (χ0n) is 14.0. The van der Waals surface area contributed by atoms with Crippen molar-refractivity contribution in [1.82, 2.24) is 10.6 Å². The van der Waals surface area contributed by atoms with Crippen LogP contribution in [0.3, 0.4) is 0 Å². The average Bonchev–Trinajstić information content (AvgIpc) is 3.27. The van der Waals surface area contributed by atoms with Gasteiger partial charge in [-0.2, -0.15) is 0 Å². The highest BCUT2D eigenvalue weighted by Crippen LogP contribution is 2.27. The molecule has 0 radical (unpaired) electrons. The fourth-order valence-corrected chi connectivity index (χ4v) is 3.41. The lowest BCUT2D eigenvalue weighted by Crippen LogP contribution is -2.48. The summed E-state index contributed by atoms with van der Waals surface area (Å²) in [5, 5.41) is 5.95. The fraction of sp³-hybridized carbons (Fsp3) is 0.611. The zero-order chi connectivity index (χ0) is 16.9. The third kappa shape index (κ3) is 4.24. The second kappa shape index (κ2) is 7.94. The third-order valence-corrected chi connectivity index (χ3v) is 4.73. The van der Waals surface area contributed by atoms with Crippen LogP contribution in [0, 0.1) is 5.82 Å². The summed E-state index contributed by atoms with van der Waals surface area (Å²) in [6.07, 6.45) is 3.84. The SMILES string of the molecule is C[C@H](NC(=O)N[C@H](c1ccc(F)cc1)[C@H]1CCCO1)[C@@H]1CCCO1. The Kier molecular flexibility index (Phi) is 5.68. The second-order valence-electron chi connectivity index (χ2n) is 6.54. The van der Waals surface area contributed by atoms with Crippen LogP contribution in [0.5, 0.6) is 0 Å². The fourth-order valence-electron chi connectivity index (χ4n) is 3.41. The molecule has 0 bridgehead atoms. The van der Waals surface area contributed by atoms with Gasteiger partial charge in [-0.3, -0.25) is 0 Å². The topological polar surface area (TPSA) is 59.6 Å². The quantitative estimate of drug-likeness (QED) is 0.869. The number of benzene rings is 1. The van der Waals surface area contributed by atoms with E-state index in [1.165, 1.54) is 12.1 Å². The number of hydrogen-bond donors (Lipinski definition) is 2. The highest BCUT2D eigenvalue weighted by atomic mass is 19.1. The first kappa shape index (κ1) is 17.2. The number of urea groups is 1. The van der Waals surface area contributed by atoms with Crippen molar-refractivity contribution in [2.24, 2.45) is 0 Å². The standard InChI is InChI=1S/C18H25FN2O3/c1-12(15-4-2-10-23-15)20-18(22)21-17(16-5-3-11-24-16)13-6-8-14(19)9-7-13/h6-9,12,15-17H,2-5,10-11H2,1H3,(H2,20,21,22)/t12-,15-,16+,17+/m0/s1. The first-order valence-electron chi connectivity index (χ1n) is 8.69. The lowest BCUT2D eigenvalue weighted by atomic mass is 9.99. The number of carbonyl (C=O) groups excluding carboxylic acids is 1. The molecule has 0 spiro atoms. The normalized spacial score (nSPS) is 26.1. The summed E-state index contributed by atoms with van der Waals surface area (Å²) >= 11 is 0. The summed E-state index contributed by atoms with van der Waals surface area (Å²) in [4.78, 5) is 12.4. The van der Waals surface area contributed by atoms with E-state index in [4.69, 9.17) is 9.47 Å². The lowest BCUT2D eigenvalue weighted by molar-refractivity contribution is 0.0758. The number of nitrogens with one attached hydrogen (secondary N) is 2. The molecule has 1 aromatic rings. The number of amides is 2. The van der Waals surface area contributed by atoms with Crippen molar-refractivity contribution in [3.8, 4) is 0 Å². The van der Waals surface area contributed by atoms with Gasteiger partial charge in [0.05, 0.1) is 24.3 Å². The monoisotopic (exact) mass is 336 g/mol. The minimum absolute atomic E-state index is 0.0501. The van der Waals surface area contributed by atoms with Gasteiger partial charge in [0, 0.05) is 13.2 Å². The van der Waals surface area contributed by atoms with Crippen LogP contribution in [-0.2, 0) is 9.47 Å². The molecule has 0 aromatic heterocycles. The van der Waals surface area contributed by atoms with Crippen LogP contribution >= 0.6 is 0 Å². The van der Waals surface area contributed by atoms with E-state index >= 15 is 0 Å². The van der Waals surface area contributed by atoms with Gasteiger partial charge in [0.1, 0.15) is 5.82 Å². The number of rotatable bonds is 5. The Labute approximate surface area is 141 Å². The predicted octanol–water partition coefficient (Wildman–Crippen LogP) is 2.91. The number of hydrogen-bond acceptors (Lipinski definition) is 3. The van der Waals surface area contributed by atoms with Gasteiger partial charge < -0.3 is 20.1 Å². The van der Waals surface area contributed by atoms with Crippen LogP contribution in [0.15, 0.2) is 24.3 Å². The highest BCUT2D eigenvalue weighted by molar-refractivity contribution is 5.75. The molecule has 2 aliphatic rings. The molecule has 4 atom stereocenters. The molecule has 2 aliphatic heterocycles. The molecule has 2 amide bonds. The van der Waals surface area contributed by atoms with Gasteiger partial charge in [0.2, 0.25) is 0 Å². The first-order chi connectivity index (χ1) is 11.6. The smallest absolute Gasteiger partial charge is 0.315 e. The van der Waals surface area contributed by atoms with Gasteiger partial charge in [-0.1, -0.05) is 12.1 Å². The predicted molar refractivity (Wildman–Crippen MR) is 88.2 cm³/mol. The minimum atomic E-state index is -0.290. The molecule has 24 heavy (non-hydrogen) atoms. The maximum Gasteiger partial charge on any atom is 0.315 e. The van der Waals surface area contributed by atoms with Gasteiger partial charge in [0.25, 0.3) is 0 Å². The molecule has 0 aliphatic carbocycles. The Morgan fingerprint density at radius 2 is 1.71 bits per heavy atom. The number of halogens is 1. The third-order valence-electron chi connectivity index (χ3n) is 4.73. The number of ether oxygens (including phenoxy) is 2. The molecular weight excluding hydrogens is 311 g/mol. The molecule has 132 valence electrons. The maximum atomic E-state index is 13.2. The van der Waals surface area contributed by atoms with Crippen LogP contribution < -0.4 is 10.6 Å². The molecule has 3 rings (SSSR count). The molecule has 0 saturated carbocycles. The van der Waals surface area contributed by atoms with Gasteiger partial charge in [-0.05, 0) is 50.3 Å². The Morgan fingerprint density at radius 3 is 2.29 bits per heavy atom. The van der Waals surface area contributed by atoms with Crippen molar-refractivity contribution in [3.05, 3.63) is 35.6 Å². The van der Waals surface area contributed by atoms with Gasteiger partial charge >= 0.3 is 6.03 Å². The number of carbonyl (C=O) groups is 1. The summed E-state index contributed by atoms with van der Waals surface area (Å²) < 4.78 is 24.5. The summed E-state index contributed by atoms with van der Waals surface area (Å²) in [6, 6.07) is 5.63. The Bertz CT molecular complexity index is 540. The van der Waals surface area contributed by atoms with E-state index in [2.05, 4.69) is 10.6 Å². The minimum Gasteiger partial charge on any atom is -0.376 e. The Morgan fingerprint density at radius 1 is 1.08 bits per heavy atom. The molecule has 6 heteroatoms. The van der Waals surface area contributed by atoms with E-state index in [1.807, 2.05) is 6.92 Å². The van der Waals surface area contributed by atoms with Crippen molar-refractivity contribution in [1.29, 1.82) is 0 Å². The summed E-state index contributed by atoms with van der Waals surface area (Å²) in [7, 11) is 0. The molecule has 1 aromatic carbocycles. The van der Waals surface area contributed by atoms with Gasteiger partial charge in [0.15, 0.2) is 0 Å². The van der Waals surface area contributed by atoms with Crippen LogP contribution in [0.2, 0.25) is 0 Å². The Balaban J connectivity index is 1.64. The highest BCUT2D eigenvalue weighted by Gasteiger charge is 2.30. The Hall–Kier alpha value is -1.66. The van der Waals surface area contributed by atoms with Crippen LogP contribution in [0.4, 0.5) is 9.18 Å². The van der Waals surface area contributed by atoms with Gasteiger partial charge in [-0.25, -0.2) is 9.18 Å². The van der Waals surface area contributed by atoms with E-state index in [1.54, 1.807) is 12.1 Å². The molecule has 5 nitrogen and oxygen atoms in total. The summed E-state index contributed by atoms with van der Waals surface area (Å²) in [5.74, 6) is -0.290. The van der Waals surface area contributed by atoms with E-state index < -0.39 is 0 Å². The largest absolute Gasteiger partial charge is 0.376 e. The zero-order valence-corrected chi connectivity index (χ0v) is 14.0. The van der Waals surface area contributed by atoms with Gasteiger partial charge in [-0.15, -0.1) is 0 Å². The van der Waals surface area contributed by atoms with E-state index in [0.29, 0.717) is 6.61 Å². The molecular formula is C18H25FN2O3. The van der Waals surface area contributed by atoms with E-state index in [9.17, 15) is 9.18 Å². The average molecular weight is 336 g/mol. The summed E-state index contributed by atoms with van der Waals surface area (Å²) in [6.45, 7) is 3.40. The second-order valence-corrected chi connectivity index (χ2v) is 6.54. The van der Waals surface area contributed by atoms with E-state index in [0.717, 1.165) is 37.9 Å². The molecule has 2 saturated heterocycles. The van der Waals surface area contributed by atoms with Crippen molar-refractivity contribution in [3.63, 3.8) is 0 Å². The van der Waals surface area contributed by atoms with E-state index in [-0.39, 0.29) is 36.1 Å². The van der Waals surface area contributed by atoms with Crippen molar-refractivity contribution in [2.45, 2.75) is 56.9 Å².